The second-order valence-electron chi connectivity index (χ2n) is 7.05. The number of rotatable bonds is 9. The van der Waals surface area contributed by atoms with E-state index in [0.717, 1.165) is 44.3 Å². The number of nitrogens with zero attached hydrogens (tertiary/aromatic N) is 1. The topological polar surface area (TPSA) is 105 Å². The van der Waals surface area contributed by atoms with E-state index >= 15 is 0 Å². The van der Waals surface area contributed by atoms with Crippen molar-refractivity contribution < 1.29 is 18.7 Å². The summed E-state index contributed by atoms with van der Waals surface area (Å²) in [6, 6.07) is 9.52. The Kier molecular flexibility index (Phi) is 8.06. The van der Waals surface area contributed by atoms with Crippen molar-refractivity contribution in [2.45, 2.75) is 38.2 Å². The number of hydrogen-bond donors (Lipinski definition) is 3. The normalized spacial score (nSPS) is 14.3. The van der Waals surface area contributed by atoms with Crippen LogP contribution in [0, 0.1) is 0 Å². The minimum absolute atomic E-state index is 0.232. The Hall–Kier alpha value is -2.87. The number of nitrogens with one attached hydrogen (secondary N) is 3. The molecule has 2 heterocycles. The van der Waals surface area contributed by atoms with Gasteiger partial charge in [-0.3, -0.25) is 4.79 Å². The smallest absolute Gasteiger partial charge is 0.407 e. The number of carbonyl (C=O) groups excluding carboxylic acids is 2. The molecule has 1 aromatic carbocycles. The van der Waals surface area contributed by atoms with Crippen molar-refractivity contribution >= 4 is 12.0 Å². The Bertz CT molecular complexity index is 772. The number of amides is 2. The van der Waals surface area contributed by atoms with E-state index in [9.17, 15) is 9.59 Å². The quantitative estimate of drug-likeness (QED) is 0.559. The summed E-state index contributed by atoms with van der Waals surface area (Å²) in [4.78, 5) is 28.2. The second-order valence-corrected chi connectivity index (χ2v) is 7.05. The molecular formula is C21H28N4O4. The minimum atomic E-state index is -0.439. The molecule has 8 heteroatoms. The summed E-state index contributed by atoms with van der Waals surface area (Å²) in [6.45, 7) is 3.15. The Balaban J connectivity index is 1.25. The van der Waals surface area contributed by atoms with E-state index in [0.29, 0.717) is 24.7 Å². The van der Waals surface area contributed by atoms with Crippen molar-refractivity contribution in [1.29, 1.82) is 0 Å². The van der Waals surface area contributed by atoms with Gasteiger partial charge in [-0.05, 0) is 44.3 Å². The van der Waals surface area contributed by atoms with E-state index in [2.05, 4.69) is 20.9 Å². The predicted octanol–water partition coefficient (Wildman–Crippen LogP) is 2.58. The van der Waals surface area contributed by atoms with Crippen molar-refractivity contribution in [2.24, 2.45) is 0 Å². The molecule has 0 atom stereocenters. The first-order chi connectivity index (χ1) is 14.2. The predicted molar refractivity (Wildman–Crippen MR) is 108 cm³/mol. The van der Waals surface area contributed by atoms with Crippen LogP contribution in [0.3, 0.4) is 0 Å². The third-order valence-electron chi connectivity index (χ3n) is 4.81. The Morgan fingerprint density at radius 3 is 2.59 bits per heavy atom. The molecule has 0 saturated carbocycles. The van der Waals surface area contributed by atoms with Gasteiger partial charge in [-0.1, -0.05) is 30.3 Å². The molecule has 0 radical (unpaired) electrons. The van der Waals surface area contributed by atoms with Crippen LogP contribution in [0.25, 0.3) is 0 Å². The van der Waals surface area contributed by atoms with Gasteiger partial charge in [0.1, 0.15) is 12.9 Å². The van der Waals surface area contributed by atoms with Gasteiger partial charge < -0.3 is 25.1 Å². The molecule has 1 aromatic heterocycles. The van der Waals surface area contributed by atoms with Crippen LogP contribution in [0.15, 0.2) is 41.0 Å². The van der Waals surface area contributed by atoms with Crippen LogP contribution in [0.4, 0.5) is 4.79 Å². The number of piperidine rings is 1. The SMILES string of the molecule is O=C(NCCCCNC(=O)c1coc(C2CCNCC2)n1)OCc1ccccc1. The van der Waals surface area contributed by atoms with Gasteiger partial charge in [-0.25, -0.2) is 9.78 Å². The molecule has 0 spiro atoms. The summed E-state index contributed by atoms with van der Waals surface area (Å²) in [5.41, 5.74) is 1.27. The fourth-order valence-electron chi connectivity index (χ4n) is 3.16. The van der Waals surface area contributed by atoms with Gasteiger partial charge in [-0.2, -0.15) is 0 Å². The summed E-state index contributed by atoms with van der Waals surface area (Å²) in [5, 5.41) is 8.84. The van der Waals surface area contributed by atoms with Crippen molar-refractivity contribution in [1.82, 2.24) is 20.9 Å². The molecule has 3 N–H and O–H groups in total. The van der Waals surface area contributed by atoms with E-state index in [4.69, 9.17) is 9.15 Å². The summed E-state index contributed by atoms with van der Waals surface area (Å²) in [6.07, 6.45) is 4.41. The zero-order valence-electron chi connectivity index (χ0n) is 16.5. The van der Waals surface area contributed by atoms with Gasteiger partial charge >= 0.3 is 6.09 Å². The molecule has 8 nitrogen and oxygen atoms in total. The lowest BCUT2D eigenvalue weighted by Crippen LogP contribution is -2.28. The lowest BCUT2D eigenvalue weighted by atomic mass is 9.98. The maximum Gasteiger partial charge on any atom is 0.407 e. The number of aromatic nitrogens is 1. The third-order valence-corrected chi connectivity index (χ3v) is 4.81. The fourth-order valence-corrected chi connectivity index (χ4v) is 3.16. The van der Waals surface area contributed by atoms with Crippen LogP contribution in [-0.2, 0) is 11.3 Å². The minimum Gasteiger partial charge on any atom is -0.448 e. The van der Waals surface area contributed by atoms with Crippen LogP contribution < -0.4 is 16.0 Å². The number of ether oxygens (including phenoxy) is 1. The van der Waals surface area contributed by atoms with Gasteiger partial charge in [0, 0.05) is 19.0 Å². The summed E-state index contributed by atoms with van der Waals surface area (Å²) in [5.74, 6) is 0.699. The molecule has 1 saturated heterocycles. The summed E-state index contributed by atoms with van der Waals surface area (Å²) in [7, 11) is 0. The molecule has 1 aliphatic rings. The van der Waals surface area contributed by atoms with Crippen LogP contribution in [-0.4, -0.2) is 43.2 Å². The van der Waals surface area contributed by atoms with E-state index in [1.54, 1.807) is 0 Å². The Labute approximate surface area is 170 Å². The van der Waals surface area contributed by atoms with E-state index < -0.39 is 6.09 Å². The first-order valence-corrected chi connectivity index (χ1v) is 10.1. The molecule has 1 fully saturated rings. The highest BCUT2D eigenvalue weighted by molar-refractivity contribution is 5.91. The molecule has 0 unspecified atom stereocenters. The molecule has 29 heavy (non-hydrogen) atoms. The molecule has 0 bridgehead atoms. The van der Waals surface area contributed by atoms with Crippen molar-refractivity contribution in [2.75, 3.05) is 26.2 Å². The highest BCUT2D eigenvalue weighted by Gasteiger charge is 2.21. The van der Waals surface area contributed by atoms with Crippen molar-refractivity contribution in [3.63, 3.8) is 0 Å². The van der Waals surface area contributed by atoms with Gasteiger partial charge in [0.15, 0.2) is 11.6 Å². The van der Waals surface area contributed by atoms with Gasteiger partial charge in [0.2, 0.25) is 0 Å². The second kappa shape index (κ2) is 11.2. The van der Waals surface area contributed by atoms with Gasteiger partial charge in [-0.15, -0.1) is 0 Å². The molecule has 0 aliphatic carbocycles. The van der Waals surface area contributed by atoms with E-state index in [-0.39, 0.29) is 18.4 Å². The Morgan fingerprint density at radius 1 is 1.10 bits per heavy atom. The third kappa shape index (κ3) is 6.90. The first-order valence-electron chi connectivity index (χ1n) is 10.1. The van der Waals surface area contributed by atoms with Gasteiger partial charge in [0.25, 0.3) is 5.91 Å². The number of oxazole rings is 1. The zero-order chi connectivity index (χ0) is 20.3. The lowest BCUT2D eigenvalue weighted by Gasteiger charge is -2.19. The van der Waals surface area contributed by atoms with E-state index in [1.165, 1.54) is 6.26 Å². The standard InChI is InChI=1S/C21H28N4O4/c26-19(18-15-28-20(25-18)17-8-12-22-13-9-17)23-10-4-5-11-24-21(27)29-14-16-6-2-1-3-7-16/h1-3,6-7,15,17,22H,4-5,8-14H2,(H,23,26)(H,24,27). The molecule has 1 aliphatic heterocycles. The molecule has 2 aromatic rings. The molecular weight excluding hydrogens is 372 g/mol. The van der Waals surface area contributed by atoms with Crippen LogP contribution >= 0.6 is 0 Å². The molecule has 3 rings (SSSR count). The van der Waals surface area contributed by atoms with Crippen molar-refractivity contribution in [3.05, 3.63) is 53.7 Å². The van der Waals surface area contributed by atoms with Crippen LogP contribution in [0.1, 0.15) is 53.5 Å². The maximum atomic E-state index is 12.2. The van der Waals surface area contributed by atoms with Crippen LogP contribution in [0.5, 0.6) is 0 Å². The number of unbranched alkanes of at least 4 members (excludes halogenated alkanes) is 1. The van der Waals surface area contributed by atoms with Gasteiger partial charge in [0.05, 0.1) is 0 Å². The zero-order valence-corrected chi connectivity index (χ0v) is 16.5. The fraction of sp³-hybridized carbons (Fsp3) is 0.476. The average Bonchev–Trinajstić information content (AvgIpc) is 3.26. The van der Waals surface area contributed by atoms with Crippen molar-refractivity contribution in [3.8, 4) is 0 Å². The van der Waals surface area contributed by atoms with Crippen LogP contribution in [0.2, 0.25) is 0 Å². The highest BCUT2D eigenvalue weighted by atomic mass is 16.5. The number of hydrogen-bond acceptors (Lipinski definition) is 6. The summed E-state index contributed by atoms with van der Waals surface area (Å²) >= 11 is 0. The number of alkyl carbamates (subject to hydrolysis) is 1. The molecule has 156 valence electrons. The summed E-state index contributed by atoms with van der Waals surface area (Å²) < 4.78 is 10.6. The van der Waals surface area contributed by atoms with E-state index in [1.807, 2.05) is 30.3 Å². The molecule has 2 amide bonds. The number of benzene rings is 1. The average molecular weight is 400 g/mol. The first kappa shape index (κ1) is 20.9. The number of carbonyl (C=O) groups is 2. The monoisotopic (exact) mass is 400 g/mol. The highest BCUT2D eigenvalue weighted by Crippen LogP contribution is 2.24. The largest absolute Gasteiger partial charge is 0.448 e. The lowest BCUT2D eigenvalue weighted by molar-refractivity contribution is 0.0947. The maximum absolute atomic E-state index is 12.2. The Morgan fingerprint density at radius 2 is 1.83 bits per heavy atom.